The Morgan fingerprint density at radius 3 is 2.60 bits per heavy atom. The highest BCUT2D eigenvalue weighted by Crippen LogP contribution is 2.39. The second kappa shape index (κ2) is 7.13. The summed E-state index contributed by atoms with van der Waals surface area (Å²) in [6, 6.07) is 4.55. The highest BCUT2D eigenvalue weighted by molar-refractivity contribution is 7.93. The van der Waals surface area contributed by atoms with Crippen molar-refractivity contribution < 1.29 is 22.3 Å². The molecule has 0 bridgehead atoms. The van der Waals surface area contributed by atoms with Crippen LogP contribution < -0.4 is 4.72 Å². The smallest absolute Gasteiger partial charge is 0.341 e. The number of fused-ring (bicyclic) bond motifs is 1. The molecular formula is C17H18FNO4S2. The maximum atomic E-state index is 13.0. The van der Waals surface area contributed by atoms with Gasteiger partial charge in [0.05, 0.1) is 17.1 Å². The number of thiophene rings is 1. The summed E-state index contributed by atoms with van der Waals surface area (Å²) in [5, 5.41) is 0.273. The molecule has 1 aliphatic carbocycles. The van der Waals surface area contributed by atoms with Gasteiger partial charge in [-0.25, -0.2) is 17.6 Å². The largest absolute Gasteiger partial charge is 0.462 e. The molecule has 1 aromatic carbocycles. The van der Waals surface area contributed by atoms with Crippen LogP contribution in [0.2, 0.25) is 0 Å². The third kappa shape index (κ3) is 3.69. The molecular weight excluding hydrogens is 365 g/mol. The zero-order chi connectivity index (χ0) is 18.0. The molecule has 5 nitrogen and oxygen atoms in total. The van der Waals surface area contributed by atoms with Gasteiger partial charge in [0, 0.05) is 4.88 Å². The standard InChI is InChI=1S/C17H18FNO4S2/c1-2-23-17(20)15-13-5-3-4-6-14(13)24-16(15)19-25(21,22)12-9-7-11(18)8-10-12/h7-10,19H,2-6H2,1H3. The van der Waals surface area contributed by atoms with Crippen LogP contribution in [0.15, 0.2) is 29.2 Å². The van der Waals surface area contributed by atoms with E-state index in [4.69, 9.17) is 4.74 Å². The Balaban J connectivity index is 2.00. The summed E-state index contributed by atoms with van der Waals surface area (Å²) >= 11 is 1.28. The average Bonchev–Trinajstić information content (AvgIpc) is 2.92. The molecule has 0 spiro atoms. The van der Waals surface area contributed by atoms with E-state index in [9.17, 15) is 17.6 Å². The third-order valence-electron chi connectivity index (χ3n) is 4.00. The summed E-state index contributed by atoms with van der Waals surface area (Å²) in [4.78, 5) is 13.3. The van der Waals surface area contributed by atoms with Crippen LogP contribution >= 0.6 is 11.3 Å². The zero-order valence-corrected chi connectivity index (χ0v) is 15.3. The molecule has 134 valence electrons. The average molecular weight is 383 g/mol. The molecule has 1 heterocycles. The van der Waals surface area contributed by atoms with Gasteiger partial charge < -0.3 is 4.74 Å². The molecule has 0 unspecified atom stereocenters. The van der Waals surface area contributed by atoms with Gasteiger partial charge in [0.2, 0.25) is 0 Å². The van der Waals surface area contributed by atoms with E-state index in [1.54, 1.807) is 6.92 Å². The Bertz CT molecular complexity index is 888. The SMILES string of the molecule is CCOC(=O)c1c(NS(=O)(=O)c2ccc(F)cc2)sc2c1CCCC2. The predicted octanol–water partition coefficient (Wildman–Crippen LogP) is 3.74. The van der Waals surface area contributed by atoms with Gasteiger partial charge in [0.15, 0.2) is 0 Å². The van der Waals surface area contributed by atoms with E-state index < -0.39 is 21.8 Å². The van der Waals surface area contributed by atoms with Gasteiger partial charge in [0.25, 0.3) is 10.0 Å². The molecule has 0 amide bonds. The van der Waals surface area contributed by atoms with Gasteiger partial charge in [-0.05, 0) is 62.4 Å². The summed E-state index contributed by atoms with van der Waals surface area (Å²) in [5.41, 5.74) is 1.19. The molecule has 25 heavy (non-hydrogen) atoms. The third-order valence-corrected chi connectivity index (χ3v) is 6.70. The van der Waals surface area contributed by atoms with E-state index >= 15 is 0 Å². The fourth-order valence-corrected chi connectivity index (χ4v) is 5.43. The molecule has 8 heteroatoms. The van der Waals surface area contributed by atoms with Crippen molar-refractivity contribution in [3.8, 4) is 0 Å². The van der Waals surface area contributed by atoms with Crippen LogP contribution in [-0.4, -0.2) is 21.0 Å². The van der Waals surface area contributed by atoms with Crippen LogP contribution in [0.4, 0.5) is 9.39 Å². The number of carbonyl (C=O) groups excluding carboxylic acids is 1. The van der Waals surface area contributed by atoms with Crippen LogP contribution in [0, 0.1) is 5.82 Å². The van der Waals surface area contributed by atoms with Crippen molar-refractivity contribution in [1.82, 2.24) is 0 Å². The fraction of sp³-hybridized carbons (Fsp3) is 0.353. The number of halogens is 1. The molecule has 1 aromatic heterocycles. The minimum Gasteiger partial charge on any atom is -0.462 e. The lowest BCUT2D eigenvalue weighted by Gasteiger charge is -2.12. The number of anilines is 1. The van der Waals surface area contributed by atoms with Gasteiger partial charge in [-0.3, -0.25) is 4.72 Å². The van der Waals surface area contributed by atoms with E-state index in [-0.39, 0.29) is 16.5 Å². The van der Waals surface area contributed by atoms with Gasteiger partial charge in [-0.1, -0.05) is 0 Å². The first-order valence-corrected chi connectivity index (χ1v) is 10.3. The first-order chi connectivity index (χ1) is 11.9. The lowest BCUT2D eigenvalue weighted by molar-refractivity contribution is 0.0526. The number of nitrogens with one attached hydrogen (secondary N) is 1. The predicted molar refractivity (Wildman–Crippen MR) is 94.1 cm³/mol. The molecule has 1 N–H and O–H groups in total. The number of rotatable bonds is 5. The van der Waals surface area contributed by atoms with Crippen molar-refractivity contribution in [3.63, 3.8) is 0 Å². The molecule has 0 saturated heterocycles. The Labute approximate surface area is 149 Å². The molecule has 3 rings (SSSR count). The molecule has 0 atom stereocenters. The minimum atomic E-state index is -3.91. The van der Waals surface area contributed by atoms with Crippen molar-refractivity contribution in [2.24, 2.45) is 0 Å². The van der Waals surface area contributed by atoms with Gasteiger partial charge in [0.1, 0.15) is 10.8 Å². The molecule has 2 aromatic rings. The second-order valence-corrected chi connectivity index (χ2v) is 8.48. The number of benzene rings is 1. The van der Waals surface area contributed by atoms with Gasteiger partial charge in [-0.15, -0.1) is 11.3 Å². The molecule has 0 saturated carbocycles. The molecule has 0 fully saturated rings. The van der Waals surface area contributed by atoms with Gasteiger partial charge >= 0.3 is 5.97 Å². The number of ether oxygens (including phenoxy) is 1. The van der Waals surface area contributed by atoms with Gasteiger partial charge in [-0.2, -0.15) is 0 Å². The lowest BCUT2D eigenvalue weighted by Crippen LogP contribution is -2.16. The van der Waals surface area contributed by atoms with E-state index in [2.05, 4.69) is 4.72 Å². The van der Waals surface area contributed by atoms with Crippen LogP contribution in [-0.2, 0) is 27.6 Å². The first-order valence-electron chi connectivity index (χ1n) is 8.02. The van der Waals surface area contributed by atoms with Crippen molar-refractivity contribution in [2.75, 3.05) is 11.3 Å². The molecule has 1 aliphatic rings. The Morgan fingerprint density at radius 2 is 1.92 bits per heavy atom. The maximum absolute atomic E-state index is 13.0. The van der Waals surface area contributed by atoms with Crippen LogP contribution in [0.5, 0.6) is 0 Å². The Hall–Kier alpha value is -1.93. The molecule has 0 radical (unpaired) electrons. The van der Waals surface area contributed by atoms with Crippen molar-refractivity contribution in [1.29, 1.82) is 0 Å². The number of carbonyl (C=O) groups is 1. The summed E-state index contributed by atoms with van der Waals surface area (Å²) in [6.07, 6.45) is 3.53. The summed E-state index contributed by atoms with van der Waals surface area (Å²) < 4.78 is 45.8. The highest BCUT2D eigenvalue weighted by atomic mass is 32.2. The Morgan fingerprint density at radius 1 is 1.24 bits per heavy atom. The number of sulfonamides is 1. The Kier molecular flexibility index (Phi) is 5.10. The van der Waals surface area contributed by atoms with Crippen LogP contribution in [0.25, 0.3) is 0 Å². The van der Waals surface area contributed by atoms with Crippen molar-refractivity contribution in [2.45, 2.75) is 37.5 Å². The number of hydrogen-bond donors (Lipinski definition) is 1. The number of hydrogen-bond acceptors (Lipinski definition) is 5. The quantitative estimate of drug-likeness (QED) is 0.799. The van der Waals surface area contributed by atoms with E-state index in [0.717, 1.165) is 48.3 Å². The first kappa shape index (κ1) is 17.9. The van der Waals surface area contributed by atoms with Crippen LogP contribution in [0.1, 0.15) is 40.6 Å². The summed E-state index contributed by atoms with van der Waals surface area (Å²) in [6.45, 7) is 1.92. The second-order valence-electron chi connectivity index (χ2n) is 5.69. The topological polar surface area (TPSA) is 72.5 Å². The van der Waals surface area contributed by atoms with E-state index in [1.807, 2.05) is 0 Å². The van der Waals surface area contributed by atoms with Crippen LogP contribution in [0.3, 0.4) is 0 Å². The maximum Gasteiger partial charge on any atom is 0.341 e. The number of esters is 1. The highest BCUT2D eigenvalue weighted by Gasteiger charge is 2.28. The molecule has 0 aliphatic heterocycles. The normalized spacial score (nSPS) is 14.0. The van der Waals surface area contributed by atoms with E-state index in [0.29, 0.717) is 5.56 Å². The minimum absolute atomic E-state index is 0.0601. The zero-order valence-electron chi connectivity index (χ0n) is 13.7. The number of aryl methyl sites for hydroxylation is 1. The summed E-state index contributed by atoms with van der Waals surface area (Å²) in [7, 11) is -3.91. The fourth-order valence-electron chi connectivity index (χ4n) is 2.85. The summed E-state index contributed by atoms with van der Waals surface area (Å²) in [5.74, 6) is -1.03. The lowest BCUT2D eigenvalue weighted by atomic mass is 9.95. The van der Waals surface area contributed by atoms with Crippen molar-refractivity contribution >= 4 is 32.3 Å². The van der Waals surface area contributed by atoms with E-state index in [1.165, 1.54) is 23.5 Å². The monoisotopic (exact) mass is 383 g/mol. The van der Waals surface area contributed by atoms with Crippen molar-refractivity contribution in [3.05, 3.63) is 46.1 Å².